The lowest BCUT2D eigenvalue weighted by Gasteiger charge is -2.10. The number of aryl methyl sites for hydroxylation is 3. The number of carbonyl (C=O) groups is 1. The first-order chi connectivity index (χ1) is 18.8. The zero-order chi connectivity index (χ0) is 27.5. The molecule has 8 heteroatoms. The van der Waals surface area contributed by atoms with Gasteiger partial charge >= 0.3 is 5.91 Å². The van der Waals surface area contributed by atoms with E-state index in [0.717, 1.165) is 32.8 Å². The predicted molar refractivity (Wildman–Crippen MR) is 156 cm³/mol. The topological polar surface area (TPSA) is 73.7 Å². The number of amides is 1. The molecule has 0 spiro atoms. The van der Waals surface area contributed by atoms with Gasteiger partial charge in [0.25, 0.3) is 0 Å². The van der Waals surface area contributed by atoms with E-state index in [1.165, 1.54) is 11.4 Å². The van der Waals surface area contributed by atoms with Crippen LogP contribution in [0, 0.1) is 27.7 Å². The molecule has 198 valence electrons. The van der Waals surface area contributed by atoms with Crippen LogP contribution in [0.3, 0.4) is 0 Å². The molecule has 0 bridgehead atoms. The molecule has 39 heavy (non-hydrogen) atoms. The molecule has 0 aliphatic carbocycles. The number of nitrogens with one attached hydrogen (secondary N) is 1. The highest BCUT2D eigenvalue weighted by Crippen LogP contribution is 2.23. The second kappa shape index (κ2) is 11.2. The van der Waals surface area contributed by atoms with Gasteiger partial charge in [0, 0.05) is 44.2 Å². The van der Waals surface area contributed by atoms with Crippen molar-refractivity contribution in [1.82, 2.24) is 14.6 Å². The van der Waals surface area contributed by atoms with Crippen LogP contribution in [0.5, 0.6) is 5.75 Å². The Morgan fingerprint density at radius 1 is 0.897 bits per heavy atom. The summed E-state index contributed by atoms with van der Waals surface area (Å²) in [5.41, 5.74) is 10.0. The molecule has 2 aromatic carbocycles. The molecule has 5 aromatic rings. The average Bonchev–Trinajstić information content (AvgIpc) is 3.60. The van der Waals surface area contributed by atoms with Gasteiger partial charge < -0.3 is 18.3 Å². The summed E-state index contributed by atoms with van der Waals surface area (Å²) >= 11 is 3.53. The monoisotopic (exact) mass is 584 g/mol. The Morgan fingerprint density at radius 2 is 1.64 bits per heavy atom. The van der Waals surface area contributed by atoms with Gasteiger partial charge in [-0.15, -0.1) is 0 Å². The number of benzene rings is 2. The van der Waals surface area contributed by atoms with Crippen molar-refractivity contribution in [3.63, 3.8) is 0 Å². The first-order valence-corrected chi connectivity index (χ1v) is 13.3. The zero-order valence-electron chi connectivity index (χ0n) is 22.2. The van der Waals surface area contributed by atoms with Crippen molar-refractivity contribution >= 4 is 28.1 Å². The molecular weight excluding hydrogens is 556 g/mol. The molecule has 3 heterocycles. The lowest BCUT2D eigenvalue weighted by Crippen LogP contribution is -2.16. The maximum absolute atomic E-state index is 12.6. The van der Waals surface area contributed by atoms with Crippen LogP contribution >= 0.6 is 15.9 Å². The fraction of sp³-hybridized carbons (Fsp3) is 0.161. The molecule has 0 radical (unpaired) electrons. The maximum Gasteiger partial charge on any atom is 0.307 e. The normalized spacial score (nSPS) is 11.3. The van der Waals surface area contributed by atoms with Crippen LogP contribution in [0.25, 0.3) is 11.4 Å². The Hall–Kier alpha value is -4.30. The van der Waals surface area contributed by atoms with E-state index in [0.29, 0.717) is 11.5 Å². The lowest BCUT2D eigenvalue weighted by molar-refractivity contribution is 0.0923. The summed E-state index contributed by atoms with van der Waals surface area (Å²) in [7, 11) is 0. The Kier molecular flexibility index (Phi) is 7.56. The Labute approximate surface area is 235 Å². The molecule has 7 nitrogen and oxygen atoms in total. The number of aromatic nitrogens is 2. The van der Waals surface area contributed by atoms with E-state index in [9.17, 15) is 4.79 Å². The number of hydrogen-bond acceptors (Lipinski definition) is 4. The number of nitrogens with zero attached hydrogens (tertiary/aromatic N) is 3. The number of carbonyl (C=O) groups excluding carboxylic acids is 1. The first-order valence-electron chi connectivity index (χ1n) is 12.6. The van der Waals surface area contributed by atoms with Gasteiger partial charge in [0.15, 0.2) is 5.76 Å². The number of rotatable bonds is 8. The van der Waals surface area contributed by atoms with Crippen LogP contribution in [-0.4, -0.2) is 21.3 Å². The van der Waals surface area contributed by atoms with Crippen LogP contribution < -0.4 is 10.2 Å². The summed E-state index contributed by atoms with van der Waals surface area (Å²) in [5, 5.41) is 4.15. The smallest absolute Gasteiger partial charge is 0.307 e. The number of furan rings is 1. The molecule has 3 aromatic heterocycles. The van der Waals surface area contributed by atoms with Crippen LogP contribution in [0.1, 0.15) is 44.7 Å². The molecule has 1 N–H and O–H groups in total. The summed E-state index contributed by atoms with van der Waals surface area (Å²) in [5.74, 6) is 0.996. The van der Waals surface area contributed by atoms with E-state index >= 15 is 0 Å². The summed E-state index contributed by atoms with van der Waals surface area (Å²) in [4.78, 5) is 12.6. The molecule has 0 atom stereocenters. The second-order valence-corrected chi connectivity index (χ2v) is 10.3. The Balaban J connectivity index is 1.18. The molecular formula is C31H29BrN4O3. The van der Waals surface area contributed by atoms with Gasteiger partial charge in [-0.2, -0.15) is 5.10 Å². The fourth-order valence-corrected chi connectivity index (χ4v) is 5.03. The van der Waals surface area contributed by atoms with Gasteiger partial charge in [0.2, 0.25) is 0 Å². The van der Waals surface area contributed by atoms with E-state index in [-0.39, 0.29) is 12.4 Å². The van der Waals surface area contributed by atoms with Gasteiger partial charge in [-0.3, -0.25) is 4.79 Å². The molecule has 0 aliphatic heterocycles. The Bertz CT molecular complexity index is 1640. The van der Waals surface area contributed by atoms with Crippen molar-refractivity contribution in [3.05, 3.63) is 123 Å². The van der Waals surface area contributed by atoms with Crippen molar-refractivity contribution in [2.45, 2.75) is 34.3 Å². The maximum atomic E-state index is 12.6. The standard InChI is InChI=1S/C31H29BrN4O3/c1-20-8-9-21(2)35(20)26-10-12-28(13-11-26)38-19-29-14-15-30(39-29)31(37)34-33-18-24-16-22(3)36(23(24)4)27-7-5-6-25(32)17-27/h5-18H,19H2,1-4H3,(H,34,37)/b33-18+. The predicted octanol–water partition coefficient (Wildman–Crippen LogP) is 7.20. The molecule has 0 fully saturated rings. The minimum absolute atomic E-state index is 0.166. The van der Waals surface area contributed by atoms with Crippen molar-refractivity contribution in [2.24, 2.45) is 5.10 Å². The van der Waals surface area contributed by atoms with Crippen LogP contribution in [0.4, 0.5) is 0 Å². The van der Waals surface area contributed by atoms with Gasteiger partial charge in [0.1, 0.15) is 18.1 Å². The summed E-state index contributed by atoms with van der Waals surface area (Å²) in [6, 6.07) is 25.5. The number of ether oxygens (including phenoxy) is 1. The first kappa shape index (κ1) is 26.3. The summed E-state index contributed by atoms with van der Waals surface area (Å²) < 4.78 is 16.9. The highest BCUT2D eigenvalue weighted by atomic mass is 79.9. The molecule has 5 rings (SSSR count). The van der Waals surface area contributed by atoms with E-state index in [2.05, 4.69) is 67.6 Å². The minimum atomic E-state index is -0.430. The highest BCUT2D eigenvalue weighted by molar-refractivity contribution is 9.10. The molecule has 1 amide bonds. The number of halogens is 1. The number of hydrogen-bond donors (Lipinski definition) is 1. The molecule has 0 saturated carbocycles. The summed E-state index contributed by atoms with van der Waals surface area (Å²) in [6.45, 7) is 8.42. The van der Waals surface area contributed by atoms with Gasteiger partial charge in [0.05, 0.1) is 6.21 Å². The SMILES string of the molecule is Cc1ccc(C)n1-c1ccc(OCc2ccc(C(=O)N/N=C/c3cc(C)n(-c4cccc(Br)c4)c3C)o2)cc1. The van der Waals surface area contributed by atoms with Crippen LogP contribution in [0.2, 0.25) is 0 Å². The number of hydrazone groups is 1. The van der Waals surface area contributed by atoms with E-state index < -0.39 is 5.91 Å². The largest absolute Gasteiger partial charge is 0.486 e. The lowest BCUT2D eigenvalue weighted by atomic mass is 10.2. The summed E-state index contributed by atoms with van der Waals surface area (Å²) in [6.07, 6.45) is 1.64. The van der Waals surface area contributed by atoms with Crippen molar-refractivity contribution in [1.29, 1.82) is 0 Å². The highest BCUT2D eigenvalue weighted by Gasteiger charge is 2.13. The third-order valence-electron chi connectivity index (χ3n) is 6.54. The van der Waals surface area contributed by atoms with E-state index in [1.807, 2.05) is 62.4 Å². The van der Waals surface area contributed by atoms with Crippen molar-refractivity contribution < 1.29 is 13.9 Å². The van der Waals surface area contributed by atoms with Gasteiger partial charge in [-0.25, -0.2) is 5.43 Å². The van der Waals surface area contributed by atoms with Gasteiger partial charge in [-0.05, 0) is 100 Å². The van der Waals surface area contributed by atoms with E-state index in [1.54, 1.807) is 18.3 Å². The minimum Gasteiger partial charge on any atom is -0.486 e. The quantitative estimate of drug-likeness (QED) is 0.155. The molecule has 0 saturated heterocycles. The van der Waals surface area contributed by atoms with E-state index in [4.69, 9.17) is 9.15 Å². The van der Waals surface area contributed by atoms with Crippen LogP contribution in [-0.2, 0) is 6.61 Å². The van der Waals surface area contributed by atoms with Crippen LogP contribution in [0.15, 0.2) is 92.9 Å². The average molecular weight is 586 g/mol. The molecule has 0 aliphatic rings. The van der Waals surface area contributed by atoms with Crippen molar-refractivity contribution in [3.8, 4) is 17.1 Å². The zero-order valence-corrected chi connectivity index (χ0v) is 23.8. The molecule has 0 unspecified atom stereocenters. The van der Waals surface area contributed by atoms with Crippen molar-refractivity contribution in [2.75, 3.05) is 0 Å². The second-order valence-electron chi connectivity index (χ2n) is 9.34. The third-order valence-corrected chi connectivity index (χ3v) is 7.03. The van der Waals surface area contributed by atoms with Gasteiger partial charge in [-0.1, -0.05) is 22.0 Å². The third kappa shape index (κ3) is 5.76. The Morgan fingerprint density at radius 3 is 2.36 bits per heavy atom. The fourth-order valence-electron chi connectivity index (χ4n) is 4.65.